The zero-order chi connectivity index (χ0) is 18.8. The van der Waals surface area contributed by atoms with Gasteiger partial charge in [-0.25, -0.2) is 4.79 Å². The average Bonchev–Trinajstić information content (AvgIpc) is 2.84. The molecule has 1 heterocycles. The summed E-state index contributed by atoms with van der Waals surface area (Å²) in [5, 5.41) is 6.12. The minimum atomic E-state index is -0.757. The maximum absolute atomic E-state index is 12.9. The molecule has 0 atom stereocenters. The molecule has 4 amide bonds. The fourth-order valence-corrected chi connectivity index (χ4v) is 6.95. The van der Waals surface area contributed by atoms with Gasteiger partial charge in [-0.1, -0.05) is 6.92 Å². The highest BCUT2D eigenvalue weighted by atomic mass is 16.2. The van der Waals surface area contributed by atoms with Crippen LogP contribution in [0.1, 0.15) is 64.7 Å². The van der Waals surface area contributed by atoms with Crippen molar-refractivity contribution in [1.29, 1.82) is 0 Å². The van der Waals surface area contributed by atoms with Gasteiger partial charge in [0.05, 0.1) is 0 Å². The number of imide groups is 1. The third-order valence-electron chi connectivity index (χ3n) is 8.23. The number of hydrogen-bond acceptors (Lipinski definition) is 3. The first kappa shape index (κ1) is 17.5. The van der Waals surface area contributed by atoms with Crippen molar-refractivity contribution in [2.24, 2.45) is 29.6 Å². The molecule has 5 aliphatic carbocycles. The third kappa shape index (κ3) is 2.87. The highest BCUT2D eigenvalue weighted by Gasteiger charge is 2.53. The summed E-state index contributed by atoms with van der Waals surface area (Å²) in [6.07, 6.45) is 9.60. The van der Waals surface area contributed by atoms with E-state index in [4.69, 9.17) is 0 Å². The van der Waals surface area contributed by atoms with Crippen LogP contribution >= 0.6 is 0 Å². The van der Waals surface area contributed by atoms with Crippen molar-refractivity contribution < 1.29 is 14.4 Å². The number of nitrogens with one attached hydrogen (secondary N) is 2. The zero-order valence-corrected chi connectivity index (χ0v) is 16.2. The van der Waals surface area contributed by atoms with Crippen LogP contribution in [-0.4, -0.2) is 40.9 Å². The monoisotopic (exact) mass is 373 g/mol. The number of urea groups is 1. The molecule has 0 radical (unpaired) electrons. The Kier molecular flexibility index (Phi) is 4.03. The van der Waals surface area contributed by atoms with Gasteiger partial charge in [0.2, 0.25) is 5.91 Å². The normalized spacial score (nSPS) is 45.4. The predicted octanol–water partition coefficient (Wildman–Crippen LogP) is 2.43. The average molecular weight is 373 g/mol. The summed E-state index contributed by atoms with van der Waals surface area (Å²) >= 11 is 0. The Labute approximate surface area is 160 Å². The Morgan fingerprint density at radius 2 is 1.67 bits per heavy atom. The quantitative estimate of drug-likeness (QED) is 0.746. The van der Waals surface area contributed by atoms with Crippen LogP contribution in [0.25, 0.3) is 0 Å². The second-order valence-electron chi connectivity index (χ2n) is 10.1. The largest absolute Gasteiger partial charge is 0.351 e. The number of hydrogen-bond donors (Lipinski definition) is 2. The lowest BCUT2D eigenvalue weighted by Gasteiger charge is -2.54. The molecule has 1 spiro atoms. The van der Waals surface area contributed by atoms with Crippen LogP contribution in [-0.2, 0) is 9.59 Å². The minimum Gasteiger partial charge on any atom is -0.351 e. The second-order valence-corrected chi connectivity index (χ2v) is 10.1. The van der Waals surface area contributed by atoms with E-state index in [-0.39, 0.29) is 24.4 Å². The summed E-state index contributed by atoms with van der Waals surface area (Å²) in [5.74, 6) is 3.14. The topological polar surface area (TPSA) is 78.5 Å². The van der Waals surface area contributed by atoms with Crippen LogP contribution in [0.3, 0.4) is 0 Å². The second kappa shape index (κ2) is 6.21. The molecule has 27 heavy (non-hydrogen) atoms. The molecule has 0 aromatic heterocycles. The van der Waals surface area contributed by atoms with Crippen molar-refractivity contribution in [2.75, 3.05) is 6.54 Å². The number of amides is 4. The van der Waals surface area contributed by atoms with Crippen molar-refractivity contribution >= 4 is 17.8 Å². The molecule has 148 valence electrons. The smallest absolute Gasteiger partial charge is 0.325 e. The van der Waals surface area contributed by atoms with Gasteiger partial charge < -0.3 is 10.6 Å². The Balaban J connectivity index is 1.22. The molecule has 0 aromatic rings. The van der Waals surface area contributed by atoms with Gasteiger partial charge in [0.1, 0.15) is 12.1 Å². The molecule has 4 bridgehead atoms. The molecule has 6 rings (SSSR count). The number of carbonyl (C=O) groups is 3. The van der Waals surface area contributed by atoms with Gasteiger partial charge in [-0.05, 0) is 87.4 Å². The molecule has 0 unspecified atom stereocenters. The molecule has 0 aromatic carbocycles. The van der Waals surface area contributed by atoms with E-state index in [2.05, 4.69) is 17.6 Å². The highest BCUT2D eigenvalue weighted by molar-refractivity contribution is 6.09. The standard InChI is InChI=1S/C21H31N3O3/c1-12-2-4-21(5-3-12)19(26)24(20(27)23-21)11-17(25)22-18-15-7-13-6-14(9-15)10-16(18)8-13/h12-16,18H,2-11H2,1H3,(H,22,25)(H,23,27). The van der Waals surface area contributed by atoms with Crippen LogP contribution in [0, 0.1) is 29.6 Å². The SMILES string of the molecule is CC1CCC2(CC1)NC(=O)N(CC(=O)NC1C3CC4CC(C3)CC1C4)C2=O. The van der Waals surface area contributed by atoms with Gasteiger partial charge in [-0.2, -0.15) is 0 Å². The van der Waals surface area contributed by atoms with Crippen molar-refractivity contribution in [1.82, 2.24) is 15.5 Å². The van der Waals surface area contributed by atoms with Crippen molar-refractivity contribution in [3.63, 3.8) is 0 Å². The molecule has 6 heteroatoms. The first-order chi connectivity index (χ1) is 12.9. The third-order valence-corrected chi connectivity index (χ3v) is 8.23. The highest BCUT2D eigenvalue weighted by Crippen LogP contribution is 2.53. The molecule has 6 aliphatic rings. The molecule has 1 saturated heterocycles. The van der Waals surface area contributed by atoms with Gasteiger partial charge in [-0.15, -0.1) is 0 Å². The van der Waals surface area contributed by atoms with Crippen LogP contribution in [0.15, 0.2) is 0 Å². The van der Waals surface area contributed by atoms with Gasteiger partial charge in [0, 0.05) is 6.04 Å². The van der Waals surface area contributed by atoms with Gasteiger partial charge in [0.25, 0.3) is 5.91 Å². The summed E-state index contributed by atoms with van der Waals surface area (Å²) in [6.45, 7) is 2.05. The van der Waals surface area contributed by atoms with Gasteiger partial charge in [0.15, 0.2) is 0 Å². The number of rotatable bonds is 3. The van der Waals surface area contributed by atoms with E-state index in [0.29, 0.717) is 30.6 Å². The maximum Gasteiger partial charge on any atom is 0.325 e. The summed E-state index contributed by atoms with van der Waals surface area (Å²) in [7, 11) is 0. The zero-order valence-electron chi connectivity index (χ0n) is 16.2. The van der Waals surface area contributed by atoms with Crippen molar-refractivity contribution in [3.8, 4) is 0 Å². The predicted molar refractivity (Wildman–Crippen MR) is 99.6 cm³/mol. The van der Waals surface area contributed by atoms with Gasteiger partial charge in [-0.3, -0.25) is 14.5 Å². The van der Waals surface area contributed by atoms with E-state index < -0.39 is 11.6 Å². The summed E-state index contributed by atoms with van der Waals surface area (Å²) in [6, 6.07) is -0.148. The van der Waals surface area contributed by atoms with Gasteiger partial charge >= 0.3 is 6.03 Å². The van der Waals surface area contributed by atoms with Crippen LogP contribution in [0.2, 0.25) is 0 Å². The summed E-state index contributed by atoms with van der Waals surface area (Å²) in [5.41, 5.74) is -0.757. The number of nitrogens with zero attached hydrogens (tertiary/aromatic N) is 1. The molecule has 5 saturated carbocycles. The molecule has 6 fully saturated rings. The first-order valence-electron chi connectivity index (χ1n) is 10.9. The Morgan fingerprint density at radius 3 is 2.26 bits per heavy atom. The van der Waals surface area contributed by atoms with E-state index in [1.165, 1.54) is 32.1 Å². The lowest BCUT2D eigenvalue weighted by Crippen LogP contribution is -2.57. The van der Waals surface area contributed by atoms with E-state index in [1.54, 1.807) is 0 Å². The molecule has 2 N–H and O–H groups in total. The Morgan fingerprint density at radius 1 is 1.07 bits per heavy atom. The Bertz CT molecular complexity index is 640. The summed E-state index contributed by atoms with van der Waals surface area (Å²) < 4.78 is 0. The molecule has 6 nitrogen and oxygen atoms in total. The molecular weight excluding hydrogens is 342 g/mol. The van der Waals surface area contributed by atoms with Crippen molar-refractivity contribution in [2.45, 2.75) is 76.3 Å². The van der Waals surface area contributed by atoms with E-state index in [1.807, 2.05) is 0 Å². The lowest BCUT2D eigenvalue weighted by molar-refractivity contribution is -0.137. The minimum absolute atomic E-state index is 0.134. The fraction of sp³-hybridized carbons (Fsp3) is 0.857. The molecular formula is C21H31N3O3. The van der Waals surface area contributed by atoms with Crippen LogP contribution in [0.4, 0.5) is 4.79 Å². The molecule has 1 aliphatic heterocycles. The Hall–Kier alpha value is -1.59. The van der Waals surface area contributed by atoms with Crippen LogP contribution in [0.5, 0.6) is 0 Å². The lowest BCUT2D eigenvalue weighted by atomic mass is 9.54. The van der Waals surface area contributed by atoms with E-state index in [0.717, 1.165) is 29.6 Å². The summed E-state index contributed by atoms with van der Waals surface area (Å²) in [4.78, 5) is 39.2. The number of carbonyl (C=O) groups excluding carboxylic acids is 3. The van der Waals surface area contributed by atoms with Crippen molar-refractivity contribution in [3.05, 3.63) is 0 Å². The van der Waals surface area contributed by atoms with E-state index >= 15 is 0 Å². The maximum atomic E-state index is 12.9. The first-order valence-corrected chi connectivity index (χ1v) is 10.9. The fourth-order valence-electron chi connectivity index (χ4n) is 6.95. The van der Waals surface area contributed by atoms with Crippen LogP contribution < -0.4 is 10.6 Å². The van der Waals surface area contributed by atoms with E-state index in [9.17, 15) is 14.4 Å².